The molecule has 6 nitrogen and oxygen atoms in total. The average Bonchev–Trinajstić information content (AvgIpc) is 3.14. The second-order valence-corrected chi connectivity index (χ2v) is 7.12. The molecule has 1 N–H and O–H groups in total. The summed E-state index contributed by atoms with van der Waals surface area (Å²) < 4.78 is 1.56. The number of aromatic amines is 1. The lowest BCUT2D eigenvalue weighted by Crippen LogP contribution is -2.22. The summed E-state index contributed by atoms with van der Waals surface area (Å²) in [5.41, 5.74) is 4.15. The van der Waals surface area contributed by atoms with Crippen LogP contribution in [0, 0.1) is 6.92 Å². The van der Waals surface area contributed by atoms with Crippen LogP contribution in [-0.2, 0) is 17.9 Å². The topological polar surface area (TPSA) is 70.5 Å². The fourth-order valence-corrected chi connectivity index (χ4v) is 3.41. The van der Waals surface area contributed by atoms with Crippen molar-refractivity contribution in [3.8, 4) is 0 Å². The van der Waals surface area contributed by atoms with Crippen molar-refractivity contribution < 1.29 is 4.79 Å². The molecule has 1 aromatic heterocycles. The highest BCUT2D eigenvalue weighted by atomic mass is 16.2. The Kier molecular flexibility index (Phi) is 4.99. The highest BCUT2D eigenvalue weighted by Crippen LogP contribution is 2.20. The third kappa shape index (κ3) is 3.82. The average molecular weight is 386 g/mol. The molecule has 0 saturated carbocycles. The van der Waals surface area contributed by atoms with E-state index in [2.05, 4.69) is 10.2 Å². The summed E-state index contributed by atoms with van der Waals surface area (Å²) in [5, 5.41) is 8.95. The van der Waals surface area contributed by atoms with Gasteiger partial charge in [-0.2, -0.15) is 5.10 Å². The number of hydrogen-bond acceptors (Lipinski definition) is 3. The zero-order chi connectivity index (χ0) is 20.4. The molecule has 2 heterocycles. The van der Waals surface area contributed by atoms with Crippen molar-refractivity contribution in [1.82, 2.24) is 14.8 Å². The van der Waals surface area contributed by atoms with Gasteiger partial charge in [0.15, 0.2) is 0 Å². The van der Waals surface area contributed by atoms with Crippen molar-refractivity contribution in [1.29, 1.82) is 0 Å². The molecule has 3 aromatic rings. The van der Waals surface area contributed by atoms with E-state index in [1.165, 1.54) is 5.01 Å². The van der Waals surface area contributed by atoms with E-state index >= 15 is 0 Å². The molecule has 1 amide bonds. The number of amides is 1. The number of H-pyrrole nitrogens is 1. The lowest BCUT2D eigenvalue weighted by atomic mass is 10.1. The van der Waals surface area contributed by atoms with E-state index in [0.29, 0.717) is 29.9 Å². The van der Waals surface area contributed by atoms with Gasteiger partial charge < -0.3 is 0 Å². The Morgan fingerprint density at radius 2 is 1.48 bits per heavy atom. The SMILES string of the molecule is CC1=NN(Cc2ccccc2)C(=O)/C1=C/c1c(C)[nH]n(Cc2ccccc2)c1=O. The largest absolute Gasteiger partial charge is 0.299 e. The van der Waals surface area contributed by atoms with Crippen LogP contribution in [0.5, 0.6) is 0 Å². The molecule has 0 spiro atoms. The Hall–Kier alpha value is -3.67. The quantitative estimate of drug-likeness (QED) is 0.683. The van der Waals surface area contributed by atoms with Crippen molar-refractivity contribution in [2.24, 2.45) is 5.10 Å². The fourth-order valence-electron chi connectivity index (χ4n) is 3.41. The van der Waals surface area contributed by atoms with Gasteiger partial charge in [0.25, 0.3) is 11.5 Å². The summed E-state index contributed by atoms with van der Waals surface area (Å²) in [6.07, 6.45) is 1.65. The third-order valence-corrected chi connectivity index (χ3v) is 4.95. The first kappa shape index (κ1) is 18.7. The van der Waals surface area contributed by atoms with E-state index in [0.717, 1.165) is 16.8 Å². The predicted octanol–water partition coefficient (Wildman–Crippen LogP) is 3.33. The number of aryl methyl sites for hydroxylation is 1. The van der Waals surface area contributed by atoms with Gasteiger partial charge in [0, 0.05) is 5.69 Å². The van der Waals surface area contributed by atoms with Crippen LogP contribution in [0.1, 0.15) is 29.3 Å². The van der Waals surface area contributed by atoms with Crippen LogP contribution >= 0.6 is 0 Å². The van der Waals surface area contributed by atoms with E-state index in [9.17, 15) is 9.59 Å². The van der Waals surface area contributed by atoms with Gasteiger partial charge in [-0.05, 0) is 31.1 Å². The molecule has 0 unspecified atom stereocenters. The van der Waals surface area contributed by atoms with Crippen LogP contribution in [-0.4, -0.2) is 26.4 Å². The van der Waals surface area contributed by atoms with Crippen LogP contribution in [0.25, 0.3) is 6.08 Å². The number of benzene rings is 2. The summed E-state index contributed by atoms with van der Waals surface area (Å²) in [6.45, 7) is 4.48. The van der Waals surface area contributed by atoms with Crippen LogP contribution < -0.4 is 5.56 Å². The second kappa shape index (κ2) is 7.75. The Bertz CT molecular complexity index is 1150. The van der Waals surface area contributed by atoms with Gasteiger partial charge in [-0.3, -0.25) is 14.7 Å². The van der Waals surface area contributed by atoms with Crippen LogP contribution in [0.2, 0.25) is 0 Å². The Morgan fingerprint density at radius 3 is 2.10 bits per heavy atom. The maximum atomic E-state index is 12.9. The summed E-state index contributed by atoms with van der Waals surface area (Å²) in [5.74, 6) is -0.194. The zero-order valence-electron chi connectivity index (χ0n) is 16.4. The number of hydrazone groups is 1. The number of hydrogen-bond donors (Lipinski definition) is 1. The molecule has 0 aliphatic carbocycles. The molecular formula is C23H22N4O2. The molecule has 1 aliphatic rings. The minimum Gasteiger partial charge on any atom is -0.299 e. The summed E-state index contributed by atoms with van der Waals surface area (Å²) in [4.78, 5) is 25.8. The van der Waals surface area contributed by atoms with Crippen molar-refractivity contribution in [3.63, 3.8) is 0 Å². The van der Waals surface area contributed by atoms with Crippen molar-refractivity contribution in [3.05, 3.63) is 99.0 Å². The number of rotatable bonds is 5. The molecule has 0 fully saturated rings. The van der Waals surface area contributed by atoms with Gasteiger partial charge in [0.05, 0.1) is 29.9 Å². The lowest BCUT2D eigenvalue weighted by Gasteiger charge is -2.11. The zero-order valence-corrected chi connectivity index (χ0v) is 16.4. The van der Waals surface area contributed by atoms with E-state index in [4.69, 9.17) is 0 Å². The molecule has 0 saturated heterocycles. The van der Waals surface area contributed by atoms with Crippen molar-refractivity contribution >= 4 is 17.7 Å². The number of nitrogens with zero attached hydrogens (tertiary/aromatic N) is 3. The first-order chi connectivity index (χ1) is 14.0. The highest BCUT2D eigenvalue weighted by molar-refractivity contribution is 6.26. The monoisotopic (exact) mass is 386 g/mol. The molecule has 0 radical (unpaired) electrons. The van der Waals surface area contributed by atoms with E-state index < -0.39 is 0 Å². The smallest absolute Gasteiger partial charge is 0.276 e. The van der Waals surface area contributed by atoms with Crippen LogP contribution in [0.3, 0.4) is 0 Å². The number of aromatic nitrogens is 2. The lowest BCUT2D eigenvalue weighted by molar-refractivity contribution is -0.126. The van der Waals surface area contributed by atoms with Gasteiger partial charge in [-0.15, -0.1) is 0 Å². The van der Waals surface area contributed by atoms with Gasteiger partial charge in [0.1, 0.15) is 0 Å². The van der Waals surface area contributed by atoms with Gasteiger partial charge in [-0.25, -0.2) is 9.69 Å². The van der Waals surface area contributed by atoms with E-state index in [-0.39, 0.29) is 11.5 Å². The minimum absolute atomic E-state index is 0.152. The molecule has 0 atom stereocenters. The van der Waals surface area contributed by atoms with Crippen molar-refractivity contribution in [2.75, 3.05) is 0 Å². The molecule has 2 aromatic carbocycles. The number of carbonyl (C=O) groups excluding carboxylic acids is 1. The molecule has 0 bridgehead atoms. The molecule has 29 heavy (non-hydrogen) atoms. The Morgan fingerprint density at radius 1 is 0.897 bits per heavy atom. The van der Waals surface area contributed by atoms with Crippen molar-refractivity contribution in [2.45, 2.75) is 26.9 Å². The van der Waals surface area contributed by atoms with Gasteiger partial charge in [0.2, 0.25) is 0 Å². The standard InChI is InChI=1S/C23H22N4O2/c1-16-20(22(28)26(24-16)14-18-9-5-3-6-10-18)13-21-17(2)25-27(23(21)29)15-19-11-7-4-8-12-19/h3-13,24H,14-15H2,1-2H3/b21-13+. The summed E-state index contributed by atoms with van der Waals surface area (Å²) in [6, 6.07) is 19.5. The number of carbonyl (C=O) groups is 1. The Labute approximate surface area is 168 Å². The molecule has 6 heteroatoms. The highest BCUT2D eigenvalue weighted by Gasteiger charge is 2.28. The number of nitrogens with one attached hydrogen (secondary N) is 1. The van der Waals surface area contributed by atoms with Gasteiger partial charge in [-0.1, -0.05) is 60.7 Å². The first-order valence-electron chi connectivity index (χ1n) is 9.49. The summed E-state index contributed by atoms with van der Waals surface area (Å²) >= 11 is 0. The molecule has 4 rings (SSSR count). The molecule has 1 aliphatic heterocycles. The predicted molar refractivity (Wildman–Crippen MR) is 113 cm³/mol. The van der Waals surface area contributed by atoms with Crippen LogP contribution in [0.15, 0.2) is 76.1 Å². The van der Waals surface area contributed by atoms with E-state index in [1.54, 1.807) is 17.7 Å². The van der Waals surface area contributed by atoms with E-state index in [1.807, 2.05) is 67.6 Å². The normalized spacial score (nSPS) is 15.2. The Balaban J connectivity index is 1.60. The van der Waals surface area contributed by atoms with Crippen LogP contribution in [0.4, 0.5) is 0 Å². The fraction of sp³-hybridized carbons (Fsp3) is 0.174. The van der Waals surface area contributed by atoms with Gasteiger partial charge >= 0.3 is 0 Å². The third-order valence-electron chi connectivity index (χ3n) is 4.95. The maximum absolute atomic E-state index is 12.9. The first-order valence-corrected chi connectivity index (χ1v) is 9.49. The maximum Gasteiger partial charge on any atom is 0.276 e. The minimum atomic E-state index is -0.194. The molecular weight excluding hydrogens is 364 g/mol. The second-order valence-electron chi connectivity index (χ2n) is 7.12. The molecule has 146 valence electrons. The summed E-state index contributed by atoms with van der Waals surface area (Å²) in [7, 11) is 0.